The Morgan fingerprint density at radius 2 is 2.12 bits per heavy atom. The molecule has 0 radical (unpaired) electrons. The highest BCUT2D eigenvalue weighted by Crippen LogP contribution is 2.19. The van der Waals surface area contributed by atoms with Crippen LogP contribution in [-0.4, -0.2) is 4.57 Å². The van der Waals surface area contributed by atoms with Crippen LogP contribution in [0.2, 0.25) is 0 Å². The molecule has 1 heterocycles. The number of halogens is 1. The maximum atomic E-state index is 13.2. The van der Waals surface area contributed by atoms with Gasteiger partial charge in [0.1, 0.15) is 5.82 Å². The van der Waals surface area contributed by atoms with Gasteiger partial charge >= 0.3 is 0 Å². The van der Waals surface area contributed by atoms with E-state index < -0.39 is 0 Å². The maximum absolute atomic E-state index is 13.2. The molecule has 0 aliphatic carbocycles. The fraction of sp³-hybridized carbons (Fsp3) is 0.167. The average molecular weight is 219 g/mol. The van der Waals surface area contributed by atoms with Crippen molar-refractivity contribution in [1.29, 1.82) is 0 Å². The van der Waals surface area contributed by atoms with Crippen LogP contribution in [0.4, 0.5) is 15.8 Å². The molecule has 3 N–H and O–H groups in total. The summed E-state index contributed by atoms with van der Waals surface area (Å²) in [4.78, 5) is 0. The zero-order chi connectivity index (χ0) is 11.5. The topological polar surface area (TPSA) is 43.0 Å². The summed E-state index contributed by atoms with van der Waals surface area (Å²) in [6, 6.07) is 6.66. The van der Waals surface area contributed by atoms with E-state index in [9.17, 15) is 4.39 Å². The van der Waals surface area contributed by atoms with E-state index in [0.29, 0.717) is 12.2 Å². The molecule has 4 heteroatoms. The van der Waals surface area contributed by atoms with E-state index in [1.54, 1.807) is 0 Å². The molecule has 0 fully saturated rings. The molecule has 84 valence electrons. The van der Waals surface area contributed by atoms with Crippen molar-refractivity contribution in [2.75, 3.05) is 5.32 Å². The average Bonchev–Trinajstić information content (AvgIpc) is 2.63. The Kier molecular flexibility index (Phi) is 2.92. The Balaban J connectivity index is 2.24. The van der Waals surface area contributed by atoms with Crippen LogP contribution in [0.5, 0.6) is 0 Å². The minimum absolute atomic E-state index is 0.276. The highest BCUT2D eigenvalue weighted by Gasteiger charge is 2.01. The fourth-order valence-electron chi connectivity index (χ4n) is 1.58. The van der Waals surface area contributed by atoms with Crippen LogP contribution in [0.25, 0.3) is 0 Å². The summed E-state index contributed by atoms with van der Waals surface area (Å²) in [6.45, 7) is 0.335. The van der Waals surface area contributed by atoms with Crippen LogP contribution in [0.15, 0.2) is 36.7 Å². The van der Waals surface area contributed by atoms with Crippen LogP contribution >= 0.6 is 0 Å². The van der Waals surface area contributed by atoms with Gasteiger partial charge in [0.05, 0.1) is 5.69 Å². The molecule has 0 bridgehead atoms. The Hall–Kier alpha value is -1.81. The molecule has 2 aromatic rings. The lowest BCUT2D eigenvalue weighted by Crippen LogP contribution is -1.99. The largest absolute Gasteiger partial charge is 0.355 e. The number of aromatic nitrogens is 1. The van der Waals surface area contributed by atoms with Crippen molar-refractivity contribution >= 4 is 11.4 Å². The van der Waals surface area contributed by atoms with Crippen LogP contribution in [0, 0.1) is 5.82 Å². The second kappa shape index (κ2) is 4.37. The number of hydrogen-bond acceptors (Lipinski definition) is 2. The third-order valence-corrected chi connectivity index (χ3v) is 2.31. The van der Waals surface area contributed by atoms with E-state index in [2.05, 4.69) is 5.32 Å². The molecule has 0 aliphatic rings. The molecule has 0 atom stereocenters. The van der Waals surface area contributed by atoms with Gasteiger partial charge in [0.15, 0.2) is 0 Å². The van der Waals surface area contributed by atoms with Crippen LogP contribution in [0.1, 0.15) is 5.56 Å². The maximum Gasteiger partial charge on any atom is 0.125 e. The standard InChI is InChI=1S/C12H14FN3/c1-16-3-2-11(8-16)15-12-5-9(7-14)4-10(13)6-12/h2-6,8,15H,7,14H2,1H3. The number of nitrogens with two attached hydrogens (primary N) is 1. The second-order valence-electron chi connectivity index (χ2n) is 3.74. The minimum Gasteiger partial charge on any atom is -0.355 e. The summed E-state index contributed by atoms with van der Waals surface area (Å²) in [6.07, 6.45) is 3.85. The summed E-state index contributed by atoms with van der Waals surface area (Å²) in [5, 5.41) is 3.12. The van der Waals surface area contributed by atoms with Gasteiger partial charge in [-0.1, -0.05) is 0 Å². The van der Waals surface area contributed by atoms with Gasteiger partial charge in [-0.15, -0.1) is 0 Å². The molecule has 3 nitrogen and oxygen atoms in total. The van der Waals surface area contributed by atoms with Crippen molar-refractivity contribution in [2.45, 2.75) is 6.54 Å². The first kappa shape index (κ1) is 10.7. The van der Waals surface area contributed by atoms with Gasteiger partial charge in [-0.3, -0.25) is 0 Å². The van der Waals surface area contributed by atoms with E-state index >= 15 is 0 Å². The molecule has 0 amide bonds. The van der Waals surface area contributed by atoms with E-state index in [1.165, 1.54) is 12.1 Å². The van der Waals surface area contributed by atoms with Crippen molar-refractivity contribution in [3.05, 3.63) is 48.0 Å². The second-order valence-corrected chi connectivity index (χ2v) is 3.74. The van der Waals surface area contributed by atoms with E-state index in [1.807, 2.05) is 36.1 Å². The first-order valence-corrected chi connectivity index (χ1v) is 5.06. The summed E-state index contributed by atoms with van der Waals surface area (Å²) < 4.78 is 15.1. The summed E-state index contributed by atoms with van der Waals surface area (Å²) in [5.74, 6) is -0.276. The number of rotatable bonds is 3. The first-order chi connectivity index (χ1) is 7.67. The molecular weight excluding hydrogens is 205 g/mol. The Bertz CT molecular complexity index is 491. The Morgan fingerprint density at radius 3 is 2.75 bits per heavy atom. The van der Waals surface area contributed by atoms with Gasteiger partial charge < -0.3 is 15.6 Å². The molecule has 0 saturated heterocycles. The van der Waals surface area contributed by atoms with Crippen LogP contribution in [0.3, 0.4) is 0 Å². The first-order valence-electron chi connectivity index (χ1n) is 5.06. The number of nitrogens with one attached hydrogen (secondary N) is 1. The zero-order valence-electron chi connectivity index (χ0n) is 9.07. The molecular formula is C12H14FN3. The summed E-state index contributed by atoms with van der Waals surface area (Å²) >= 11 is 0. The molecule has 0 spiro atoms. The normalized spacial score (nSPS) is 10.4. The molecule has 1 aromatic carbocycles. The van der Waals surface area contributed by atoms with Crippen LogP contribution in [-0.2, 0) is 13.6 Å². The minimum atomic E-state index is -0.276. The SMILES string of the molecule is Cn1ccc(Nc2cc(F)cc(CN)c2)c1. The Labute approximate surface area is 93.7 Å². The number of nitrogens with zero attached hydrogens (tertiary/aromatic N) is 1. The predicted octanol–water partition coefficient (Wildman–Crippen LogP) is 2.37. The number of hydrogen-bond donors (Lipinski definition) is 2. The van der Waals surface area contributed by atoms with Crippen LogP contribution < -0.4 is 11.1 Å². The van der Waals surface area contributed by atoms with Crippen molar-refractivity contribution in [2.24, 2.45) is 12.8 Å². The van der Waals surface area contributed by atoms with Crippen molar-refractivity contribution in [3.8, 4) is 0 Å². The smallest absolute Gasteiger partial charge is 0.125 e. The van der Waals surface area contributed by atoms with Gasteiger partial charge in [-0.05, 0) is 29.8 Å². The molecule has 0 saturated carbocycles. The van der Waals surface area contributed by atoms with E-state index in [0.717, 1.165) is 11.3 Å². The molecule has 0 aliphatic heterocycles. The predicted molar refractivity (Wildman–Crippen MR) is 63.0 cm³/mol. The molecule has 0 unspecified atom stereocenters. The summed E-state index contributed by atoms with van der Waals surface area (Å²) in [7, 11) is 1.93. The van der Waals surface area contributed by atoms with E-state index in [-0.39, 0.29) is 5.82 Å². The van der Waals surface area contributed by atoms with Crippen molar-refractivity contribution in [1.82, 2.24) is 4.57 Å². The highest BCUT2D eigenvalue weighted by atomic mass is 19.1. The van der Waals surface area contributed by atoms with Crippen molar-refractivity contribution < 1.29 is 4.39 Å². The summed E-state index contributed by atoms with van der Waals surface area (Å²) in [5.41, 5.74) is 7.90. The monoisotopic (exact) mass is 219 g/mol. The quantitative estimate of drug-likeness (QED) is 0.832. The van der Waals surface area contributed by atoms with E-state index in [4.69, 9.17) is 5.73 Å². The highest BCUT2D eigenvalue weighted by molar-refractivity contribution is 5.59. The lowest BCUT2D eigenvalue weighted by atomic mass is 10.2. The number of aryl methyl sites for hydroxylation is 1. The molecule has 2 rings (SSSR count). The molecule has 1 aromatic heterocycles. The van der Waals surface area contributed by atoms with Gasteiger partial charge in [-0.2, -0.15) is 0 Å². The molecule has 16 heavy (non-hydrogen) atoms. The lowest BCUT2D eigenvalue weighted by Gasteiger charge is -2.06. The zero-order valence-corrected chi connectivity index (χ0v) is 9.07. The van der Waals surface area contributed by atoms with Crippen molar-refractivity contribution in [3.63, 3.8) is 0 Å². The number of benzene rings is 1. The Morgan fingerprint density at radius 1 is 1.31 bits per heavy atom. The van der Waals surface area contributed by atoms with Gasteiger partial charge in [-0.25, -0.2) is 4.39 Å². The van der Waals surface area contributed by atoms with Gasteiger partial charge in [0, 0.05) is 31.7 Å². The fourth-order valence-corrected chi connectivity index (χ4v) is 1.58. The van der Waals surface area contributed by atoms with Gasteiger partial charge in [0.2, 0.25) is 0 Å². The lowest BCUT2D eigenvalue weighted by molar-refractivity contribution is 0.626. The third-order valence-electron chi connectivity index (χ3n) is 2.31. The number of anilines is 2. The van der Waals surface area contributed by atoms with Gasteiger partial charge in [0.25, 0.3) is 0 Å². The third kappa shape index (κ3) is 2.41.